The Hall–Kier alpha value is -1.28. The van der Waals surface area contributed by atoms with Gasteiger partial charge in [0, 0.05) is 30.2 Å². The number of fused-ring (bicyclic) bond motifs is 1. The lowest BCUT2D eigenvalue weighted by Crippen LogP contribution is -2.17. The second kappa shape index (κ2) is 3.84. The van der Waals surface area contributed by atoms with E-state index >= 15 is 0 Å². The van der Waals surface area contributed by atoms with Gasteiger partial charge in [0.05, 0.1) is 0 Å². The number of nitrogens with zero attached hydrogens (tertiary/aromatic N) is 2. The molecule has 1 aromatic heterocycles. The topological polar surface area (TPSA) is 8.17 Å². The molecule has 0 atom stereocenters. The molecule has 2 rings (SSSR count). The molecule has 2 aromatic rings. The molecular formula is C12H15N2. The standard InChI is InChI=1S/C12H15N2/c1-13(2)9-10-14-8-7-11-5-3-4-6-12(11)14/h4-8H,9-10H2,1-2H3. The van der Waals surface area contributed by atoms with Gasteiger partial charge in [-0.1, -0.05) is 6.07 Å². The van der Waals surface area contributed by atoms with E-state index in [1.807, 2.05) is 12.1 Å². The van der Waals surface area contributed by atoms with Crippen LogP contribution in [0.3, 0.4) is 0 Å². The minimum atomic E-state index is 1.04. The fourth-order valence-corrected chi connectivity index (χ4v) is 1.58. The van der Waals surface area contributed by atoms with Gasteiger partial charge < -0.3 is 9.47 Å². The molecule has 1 aromatic carbocycles. The molecule has 0 fully saturated rings. The summed E-state index contributed by atoms with van der Waals surface area (Å²) in [5.74, 6) is 0. The Bertz CT molecular complexity index is 415. The molecule has 2 nitrogen and oxygen atoms in total. The van der Waals surface area contributed by atoms with Crippen molar-refractivity contribution in [3.05, 3.63) is 36.5 Å². The van der Waals surface area contributed by atoms with E-state index in [2.05, 4.69) is 48.0 Å². The lowest BCUT2D eigenvalue weighted by molar-refractivity contribution is 0.387. The molecular weight excluding hydrogens is 172 g/mol. The maximum absolute atomic E-state index is 3.09. The van der Waals surface area contributed by atoms with Crippen LogP contribution in [0.5, 0.6) is 0 Å². The van der Waals surface area contributed by atoms with Crippen LogP contribution in [0.15, 0.2) is 30.5 Å². The maximum atomic E-state index is 3.09. The lowest BCUT2D eigenvalue weighted by atomic mass is 10.2. The van der Waals surface area contributed by atoms with Crippen molar-refractivity contribution in [2.45, 2.75) is 6.54 Å². The summed E-state index contributed by atoms with van der Waals surface area (Å²) in [6.45, 7) is 2.11. The van der Waals surface area contributed by atoms with E-state index in [-0.39, 0.29) is 0 Å². The molecule has 0 aliphatic rings. The van der Waals surface area contributed by atoms with Gasteiger partial charge in [-0.05, 0) is 38.4 Å². The quantitative estimate of drug-likeness (QED) is 0.713. The number of benzene rings is 1. The summed E-state index contributed by atoms with van der Waals surface area (Å²) < 4.78 is 2.28. The largest absolute Gasteiger partial charge is 0.346 e. The van der Waals surface area contributed by atoms with Gasteiger partial charge in [-0.2, -0.15) is 0 Å². The van der Waals surface area contributed by atoms with Crippen molar-refractivity contribution in [2.24, 2.45) is 0 Å². The number of rotatable bonds is 3. The third-order valence-corrected chi connectivity index (χ3v) is 2.40. The van der Waals surface area contributed by atoms with Gasteiger partial charge in [0.15, 0.2) is 0 Å². The zero-order valence-corrected chi connectivity index (χ0v) is 8.70. The van der Waals surface area contributed by atoms with Crippen molar-refractivity contribution in [1.82, 2.24) is 9.47 Å². The smallest absolute Gasteiger partial charge is 0.0481 e. The molecule has 1 radical (unpaired) electrons. The van der Waals surface area contributed by atoms with Crippen LogP contribution in [-0.4, -0.2) is 30.1 Å². The Kier molecular flexibility index (Phi) is 2.55. The normalized spacial score (nSPS) is 11.4. The predicted octanol–water partition coefficient (Wildman–Crippen LogP) is 2.00. The first-order chi connectivity index (χ1) is 6.77. The van der Waals surface area contributed by atoms with Crippen LogP contribution in [0.25, 0.3) is 10.9 Å². The average molecular weight is 187 g/mol. The van der Waals surface area contributed by atoms with Crippen LogP contribution in [0, 0.1) is 6.07 Å². The third kappa shape index (κ3) is 1.80. The number of hydrogen-bond acceptors (Lipinski definition) is 1. The van der Waals surface area contributed by atoms with Gasteiger partial charge in [-0.15, -0.1) is 0 Å². The van der Waals surface area contributed by atoms with Crippen LogP contribution in [-0.2, 0) is 6.54 Å². The lowest BCUT2D eigenvalue weighted by Gasteiger charge is -2.10. The molecule has 73 valence electrons. The van der Waals surface area contributed by atoms with E-state index in [0.29, 0.717) is 0 Å². The van der Waals surface area contributed by atoms with Crippen molar-refractivity contribution < 1.29 is 0 Å². The first kappa shape index (κ1) is 9.28. The highest BCUT2D eigenvalue weighted by Crippen LogP contribution is 2.14. The summed E-state index contributed by atoms with van der Waals surface area (Å²) in [5.41, 5.74) is 1.30. The van der Waals surface area contributed by atoms with Crippen LogP contribution in [0.1, 0.15) is 0 Å². The SMILES string of the molecule is CN(C)CCn1ccc2c[c]ccc21. The Morgan fingerprint density at radius 1 is 1.36 bits per heavy atom. The average Bonchev–Trinajstić information content (AvgIpc) is 2.58. The second-order valence-electron chi connectivity index (χ2n) is 3.80. The molecule has 0 aliphatic heterocycles. The molecule has 0 amide bonds. The summed E-state index contributed by atoms with van der Waals surface area (Å²) in [5, 5.41) is 1.27. The molecule has 0 N–H and O–H groups in total. The summed E-state index contributed by atoms with van der Waals surface area (Å²) in [6.07, 6.45) is 2.14. The predicted molar refractivity (Wildman–Crippen MR) is 59.3 cm³/mol. The molecule has 0 aliphatic carbocycles. The summed E-state index contributed by atoms with van der Waals surface area (Å²) >= 11 is 0. The van der Waals surface area contributed by atoms with E-state index in [0.717, 1.165) is 13.1 Å². The van der Waals surface area contributed by atoms with Crippen LogP contribution in [0.4, 0.5) is 0 Å². The monoisotopic (exact) mass is 187 g/mol. The number of hydrogen-bond donors (Lipinski definition) is 0. The van der Waals surface area contributed by atoms with Crippen molar-refractivity contribution >= 4 is 10.9 Å². The molecule has 14 heavy (non-hydrogen) atoms. The highest BCUT2D eigenvalue weighted by Gasteiger charge is 1.99. The maximum Gasteiger partial charge on any atom is 0.0481 e. The summed E-state index contributed by atoms with van der Waals surface area (Å²) in [7, 11) is 4.19. The van der Waals surface area contributed by atoms with Gasteiger partial charge >= 0.3 is 0 Å². The van der Waals surface area contributed by atoms with Crippen LogP contribution in [0.2, 0.25) is 0 Å². The van der Waals surface area contributed by atoms with Gasteiger partial charge in [-0.25, -0.2) is 0 Å². The molecule has 0 spiro atoms. The van der Waals surface area contributed by atoms with E-state index in [1.165, 1.54) is 10.9 Å². The number of aromatic nitrogens is 1. The van der Waals surface area contributed by atoms with Gasteiger partial charge in [0.1, 0.15) is 0 Å². The molecule has 0 bridgehead atoms. The highest BCUT2D eigenvalue weighted by atomic mass is 15.1. The minimum Gasteiger partial charge on any atom is -0.346 e. The first-order valence-corrected chi connectivity index (χ1v) is 4.87. The minimum absolute atomic E-state index is 1.04. The van der Waals surface area contributed by atoms with Crippen molar-refractivity contribution in [3.8, 4) is 0 Å². The number of likely N-dealkylation sites (N-methyl/N-ethyl adjacent to an activating group) is 1. The Morgan fingerprint density at radius 3 is 3.00 bits per heavy atom. The van der Waals surface area contributed by atoms with E-state index < -0.39 is 0 Å². The van der Waals surface area contributed by atoms with Gasteiger partial charge in [0.25, 0.3) is 0 Å². The summed E-state index contributed by atoms with van der Waals surface area (Å²) in [4.78, 5) is 2.20. The van der Waals surface area contributed by atoms with Crippen molar-refractivity contribution in [3.63, 3.8) is 0 Å². The third-order valence-electron chi connectivity index (χ3n) is 2.40. The Morgan fingerprint density at radius 2 is 2.21 bits per heavy atom. The second-order valence-corrected chi connectivity index (χ2v) is 3.80. The molecule has 2 heteroatoms. The molecule has 0 saturated heterocycles. The summed E-state index contributed by atoms with van der Waals surface area (Å²) in [6, 6.07) is 11.3. The van der Waals surface area contributed by atoms with Gasteiger partial charge in [-0.3, -0.25) is 0 Å². The molecule has 0 saturated carbocycles. The van der Waals surface area contributed by atoms with Crippen LogP contribution >= 0.6 is 0 Å². The van der Waals surface area contributed by atoms with Crippen molar-refractivity contribution in [2.75, 3.05) is 20.6 Å². The Balaban J connectivity index is 2.25. The van der Waals surface area contributed by atoms with E-state index in [4.69, 9.17) is 0 Å². The first-order valence-electron chi connectivity index (χ1n) is 4.87. The fourth-order valence-electron chi connectivity index (χ4n) is 1.58. The fraction of sp³-hybridized carbons (Fsp3) is 0.333. The van der Waals surface area contributed by atoms with E-state index in [1.54, 1.807) is 0 Å². The Labute approximate surface area is 84.8 Å². The molecule has 0 unspecified atom stereocenters. The zero-order chi connectivity index (χ0) is 9.97. The zero-order valence-electron chi connectivity index (χ0n) is 8.70. The van der Waals surface area contributed by atoms with Gasteiger partial charge in [0.2, 0.25) is 0 Å². The van der Waals surface area contributed by atoms with Crippen LogP contribution < -0.4 is 0 Å². The molecule has 1 heterocycles. The van der Waals surface area contributed by atoms with E-state index in [9.17, 15) is 0 Å². The highest BCUT2D eigenvalue weighted by molar-refractivity contribution is 5.79. The van der Waals surface area contributed by atoms with Crippen molar-refractivity contribution in [1.29, 1.82) is 0 Å².